The molecule has 2 fully saturated rings. The molecule has 24 heavy (non-hydrogen) atoms. The summed E-state index contributed by atoms with van der Waals surface area (Å²) in [7, 11) is -1.74. The number of aldehydes is 1. The van der Waals surface area contributed by atoms with E-state index in [1.165, 1.54) is 44.8 Å². The van der Waals surface area contributed by atoms with Crippen molar-refractivity contribution in [3.63, 3.8) is 0 Å². The minimum atomic E-state index is -1.74. The molecule has 0 radical (unpaired) electrons. The van der Waals surface area contributed by atoms with Crippen LogP contribution in [0.5, 0.6) is 0 Å². The molecule has 3 heteroatoms. The van der Waals surface area contributed by atoms with Crippen LogP contribution in [0, 0.1) is 23.2 Å². The van der Waals surface area contributed by atoms with Crippen molar-refractivity contribution >= 4 is 14.6 Å². The van der Waals surface area contributed by atoms with Crippen LogP contribution in [-0.2, 0) is 9.22 Å². The maximum absolute atomic E-state index is 11.7. The second kappa shape index (κ2) is 7.23. The van der Waals surface area contributed by atoms with Gasteiger partial charge in [-0.3, -0.25) is 0 Å². The molecule has 2 rings (SSSR count). The van der Waals surface area contributed by atoms with Crippen molar-refractivity contribution in [1.82, 2.24) is 0 Å². The van der Waals surface area contributed by atoms with Crippen LogP contribution >= 0.6 is 0 Å². The van der Waals surface area contributed by atoms with Gasteiger partial charge in [-0.05, 0) is 67.5 Å². The molecule has 0 amide bonds. The normalized spacial score (nSPS) is 36.0. The highest BCUT2D eigenvalue weighted by Gasteiger charge is 2.52. The first-order chi connectivity index (χ1) is 11.1. The largest absolute Gasteiger partial charge is 0.414 e. The fraction of sp³-hybridized carbons (Fsp3) is 0.952. The van der Waals surface area contributed by atoms with Crippen molar-refractivity contribution in [2.24, 2.45) is 23.2 Å². The molecule has 0 aromatic rings. The molecule has 0 aromatic heterocycles. The van der Waals surface area contributed by atoms with E-state index in [-0.39, 0.29) is 11.0 Å². The average molecular weight is 353 g/mol. The number of fused-ring (bicyclic) bond motifs is 1. The second-order valence-corrected chi connectivity index (χ2v) is 14.9. The predicted octanol–water partition coefficient (Wildman–Crippen LogP) is 6.21. The highest BCUT2D eigenvalue weighted by molar-refractivity contribution is 6.74. The van der Waals surface area contributed by atoms with Gasteiger partial charge in [-0.2, -0.15) is 0 Å². The molecule has 2 aliphatic carbocycles. The Labute approximate surface area is 151 Å². The molecular weight excluding hydrogens is 312 g/mol. The van der Waals surface area contributed by atoms with Crippen molar-refractivity contribution in [2.75, 3.05) is 0 Å². The van der Waals surface area contributed by atoms with E-state index in [0.29, 0.717) is 23.4 Å². The SMILES string of the molecule is CCC(C=O)C1CCCC2C(O[Si](C)(C)C(C)(C)C)CCCC12C. The molecular formula is C21H40O2Si. The third kappa shape index (κ3) is 3.67. The predicted molar refractivity (Wildman–Crippen MR) is 105 cm³/mol. The van der Waals surface area contributed by atoms with Gasteiger partial charge in [0.1, 0.15) is 6.29 Å². The van der Waals surface area contributed by atoms with Crippen molar-refractivity contribution in [3.05, 3.63) is 0 Å². The third-order valence-corrected chi connectivity index (χ3v) is 12.3. The highest BCUT2D eigenvalue weighted by Crippen LogP contribution is 2.57. The molecule has 5 unspecified atom stereocenters. The Balaban J connectivity index is 2.24. The zero-order chi connectivity index (χ0) is 18.2. The minimum absolute atomic E-state index is 0.240. The Bertz CT molecular complexity index is 440. The van der Waals surface area contributed by atoms with Crippen LogP contribution in [0.3, 0.4) is 0 Å². The summed E-state index contributed by atoms with van der Waals surface area (Å²) in [6, 6.07) is 0. The van der Waals surface area contributed by atoms with Crippen molar-refractivity contribution in [2.45, 2.75) is 104 Å². The van der Waals surface area contributed by atoms with Crippen LogP contribution in [-0.4, -0.2) is 20.7 Å². The Kier molecular flexibility index (Phi) is 6.07. The smallest absolute Gasteiger partial charge is 0.192 e. The molecule has 140 valence electrons. The van der Waals surface area contributed by atoms with E-state index in [1.54, 1.807) is 0 Å². The summed E-state index contributed by atoms with van der Waals surface area (Å²) in [5, 5.41) is 0.268. The molecule has 5 atom stereocenters. The van der Waals surface area contributed by atoms with Gasteiger partial charge in [-0.25, -0.2) is 0 Å². The van der Waals surface area contributed by atoms with Gasteiger partial charge in [0.15, 0.2) is 8.32 Å². The summed E-state index contributed by atoms with van der Waals surface area (Å²) in [6.07, 6.45) is 10.2. The lowest BCUT2D eigenvalue weighted by molar-refractivity contribution is -0.123. The van der Waals surface area contributed by atoms with E-state index in [1.807, 2.05) is 0 Å². The van der Waals surface area contributed by atoms with Gasteiger partial charge in [-0.1, -0.05) is 47.5 Å². The molecule has 0 N–H and O–H groups in total. The summed E-state index contributed by atoms with van der Waals surface area (Å²) in [4.78, 5) is 11.7. The molecule has 2 saturated carbocycles. The Hall–Kier alpha value is -0.153. The van der Waals surface area contributed by atoms with Crippen LogP contribution in [0.1, 0.15) is 79.6 Å². The molecule has 0 aromatic carbocycles. The van der Waals surface area contributed by atoms with E-state index in [4.69, 9.17) is 4.43 Å². The van der Waals surface area contributed by atoms with E-state index >= 15 is 0 Å². The van der Waals surface area contributed by atoms with E-state index in [0.717, 1.165) is 6.42 Å². The van der Waals surface area contributed by atoms with E-state index in [9.17, 15) is 4.79 Å². The molecule has 2 aliphatic rings. The Morgan fingerprint density at radius 3 is 2.42 bits per heavy atom. The molecule has 0 bridgehead atoms. The Morgan fingerprint density at radius 2 is 1.88 bits per heavy atom. The molecule has 0 saturated heterocycles. The first kappa shape index (κ1) is 20.2. The van der Waals surface area contributed by atoms with Gasteiger partial charge in [0.05, 0.1) is 0 Å². The molecule has 2 nitrogen and oxygen atoms in total. The third-order valence-electron chi connectivity index (χ3n) is 7.79. The van der Waals surface area contributed by atoms with Crippen LogP contribution in [0.25, 0.3) is 0 Å². The maximum atomic E-state index is 11.7. The first-order valence-electron chi connectivity index (χ1n) is 10.2. The number of carbonyl (C=O) groups excluding carboxylic acids is 1. The lowest BCUT2D eigenvalue weighted by atomic mass is 9.52. The van der Waals surface area contributed by atoms with Gasteiger partial charge in [0, 0.05) is 12.0 Å². The van der Waals surface area contributed by atoms with Gasteiger partial charge in [0.25, 0.3) is 0 Å². The number of hydrogen-bond acceptors (Lipinski definition) is 2. The zero-order valence-electron chi connectivity index (χ0n) is 17.2. The van der Waals surface area contributed by atoms with Crippen LogP contribution in [0.2, 0.25) is 18.1 Å². The number of carbonyl (C=O) groups is 1. The summed E-state index contributed by atoms with van der Waals surface area (Å²) in [5.74, 6) is 1.45. The van der Waals surface area contributed by atoms with Gasteiger partial charge < -0.3 is 9.22 Å². The quantitative estimate of drug-likeness (QED) is 0.434. The summed E-state index contributed by atoms with van der Waals surface area (Å²) >= 11 is 0. The van der Waals surface area contributed by atoms with E-state index in [2.05, 4.69) is 47.7 Å². The lowest BCUT2D eigenvalue weighted by Crippen LogP contribution is -2.54. The molecule has 0 heterocycles. The topological polar surface area (TPSA) is 26.3 Å². The molecule has 0 spiro atoms. The summed E-state index contributed by atoms with van der Waals surface area (Å²) < 4.78 is 6.92. The van der Waals surface area contributed by atoms with Crippen LogP contribution in [0.4, 0.5) is 0 Å². The van der Waals surface area contributed by atoms with E-state index < -0.39 is 8.32 Å². The Morgan fingerprint density at radius 1 is 1.21 bits per heavy atom. The van der Waals surface area contributed by atoms with Crippen molar-refractivity contribution < 1.29 is 9.22 Å². The van der Waals surface area contributed by atoms with Gasteiger partial charge >= 0.3 is 0 Å². The summed E-state index contributed by atoms with van der Waals surface area (Å²) in [5.41, 5.74) is 0.297. The maximum Gasteiger partial charge on any atom is 0.192 e. The highest BCUT2D eigenvalue weighted by atomic mass is 28.4. The van der Waals surface area contributed by atoms with Gasteiger partial charge in [-0.15, -0.1) is 0 Å². The van der Waals surface area contributed by atoms with Crippen molar-refractivity contribution in [3.8, 4) is 0 Å². The van der Waals surface area contributed by atoms with Crippen LogP contribution in [0.15, 0.2) is 0 Å². The van der Waals surface area contributed by atoms with Gasteiger partial charge in [0.2, 0.25) is 0 Å². The molecule has 0 aliphatic heterocycles. The number of hydrogen-bond donors (Lipinski definition) is 0. The lowest BCUT2D eigenvalue weighted by Gasteiger charge is -2.56. The average Bonchev–Trinajstić information content (AvgIpc) is 2.47. The first-order valence-corrected chi connectivity index (χ1v) is 13.1. The monoisotopic (exact) mass is 352 g/mol. The standard InChI is InChI=1S/C21H40O2Si/c1-8-16(15-22)17-11-9-12-18-19(13-10-14-21(17,18)5)23-24(6,7)20(2,3)4/h15-19H,8-14H2,1-7H3. The fourth-order valence-electron chi connectivity index (χ4n) is 5.23. The minimum Gasteiger partial charge on any atom is -0.414 e. The van der Waals surface area contributed by atoms with Crippen molar-refractivity contribution in [1.29, 1.82) is 0 Å². The zero-order valence-corrected chi connectivity index (χ0v) is 18.2. The number of rotatable bonds is 5. The van der Waals surface area contributed by atoms with Crippen LogP contribution < -0.4 is 0 Å². The summed E-state index contributed by atoms with van der Waals surface area (Å²) in [6.45, 7) is 16.5. The second-order valence-electron chi connectivity index (χ2n) is 10.2. The fourth-order valence-corrected chi connectivity index (χ4v) is 6.63.